The predicted molar refractivity (Wildman–Crippen MR) is 126 cm³/mol. The average Bonchev–Trinajstić information content (AvgIpc) is 2.81. The van der Waals surface area contributed by atoms with Crippen molar-refractivity contribution in [3.05, 3.63) is 99.0 Å². The molecular formula is C23H17ClN4O3S. The molecule has 0 saturated carbocycles. The first kappa shape index (κ1) is 21.5. The molecule has 4 rings (SSSR count). The molecule has 0 radical (unpaired) electrons. The van der Waals surface area contributed by atoms with Crippen molar-refractivity contribution >= 4 is 35.2 Å². The Labute approximate surface area is 193 Å². The maximum atomic E-state index is 13.4. The summed E-state index contributed by atoms with van der Waals surface area (Å²) in [7, 11) is 1.51. The van der Waals surface area contributed by atoms with E-state index in [4.69, 9.17) is 28.6 Å². The van der Waals surface area contributed by atoms with Crippen LogP contribution < -0.4 is 10.3 Å². The van der Waals surface area contributed by atoms with Crippen molar-refractivity contribution < 1.29 is 9.84 Å². The summed E-state index contributed by atoms with van der Waals surface area (Å²) >= 11 is 12.0. The first-order chi connectivity index (χ1) is 15.5. The summed E-state index contributed by atoms with van der Waals surface area (Å²) in [4.78, 5) is 13.4. The smallest absolute Gasteiger partial charge is 0.290 e. The number of methoxy groups -OCH3 is 1. The van der Waals surface area contributed by atoms with Crippen molar-refractivity contribution in [3.8, 4) is 23.0 Å². The van der Waals surface area contributed by atoms with Crippen molar-refractivity contribution in [1.82, 2.24) is 9.13 Å². The molecule has 3 aromatic carbocycles. The molecule has 160 valence electrons. The van der Waals surface area contributed by atoms with Gasteiger partial charge in [0.05, 0.1) is 23.5 Å². The summed E-state index contributed by atoms with van der Waals surface area (Å²) in [6.07, 6.45) is 0. The number of azo groups is 1. The minimum atomic E-state index is -0.624. The molecule has 1 N–H and O–H groups in total. The first-order valence-corrected chi connectivity index (χ1v) is 10.3. The maximum Gasteiger partial charge on any atom is 0.290 e. The second-order valence-corrected chi connectivity index (χ2v) is 7.36. The Hall–Kier alpha value is -3.75. The minimum Gasteiger partial charge on any atom is -0.494 e. The molecule has 1 aromatic heterocycles. The largest absolute Gasteiger partial charge is 0.494 e. The Morgan fingerprint density at radius 3 is 2.28 bits per heavy atom. The van der Waals surface area contributed by atoms with Gasteiger partial charge in [0.15, 0.2) is 4.77 Å². The summed E-state index contributed by atoms with van der Waals surface area (Å²) < 4.78 is 7.87. The second kappa shape index (κ2) is 9.17. The summed E-state index contributed by atoms with van der Waals surface area (Å²) in [6.45, 7) is 0. The minimum absolute atomic E-state index is 0.0306. The SMILES string of the molecule is COc1ccccc1N=Nc1c(O)n(-c2ccccc2Cl)c(=S)n(-c2ccccc2)c1=O. The number of halogens is 1. The van der Waals surface area contributed by atoms with Crippen molar-refractivity contribution in [1.29, 1.82) is 0 Å². The van der Waals surface area contributed by atoms with E-state index < -0.39 is 11.4 Å². The van der Waals surface area contributed by atoms with Crippen molar-refractivity contribution in [2.24, 2.45) is 10.2 Å². The standard InChI is InChI=1S/C23H17ClN4O3S/c1-31-19-14-8-6-12-17(19)25-26-20-21(29)27(15-9-3-2-4-10-15)23(32)28(22(20)30)18-13-7-5-11-16(18)24/h2-14,30H,1H3. The summed E-state index contributed by atoms with van der Waals surface area (Å²) in [6, 6.07) is 22.6. The normalized spacial score (nSPS) is 11.1. The van der Waals surface area contributed by atoms with E-state index in [1.54, 1.807) is 72.8 Å². The van der Waals surface area contributed by atoms with Crippen LogP contribution in [0.15, 0.2) is 93.9 Å². The van der Waals surface area contributed by atoms with Gasteiger partial charge in [-0.3, -0.25) is 13.9 Å². The number of rotatable bonds is 5. The molecular weight excluding hydrogens is 448 g/mol. The highest BCUT2D eigenvalue weighted by Gasteiger charge is 2.20. The average molecular weight is 465 g/mol. The summed E-state index contributed by atoms with van der Waals surface area (Å²) in [5.41, 5.74) is 0.382. The Kier molecular flexibility index (Phi) is 6.16. The highest BCUT2D eigenvalue weighted by Crippen LogP contribution is 2.33. The number of nitrogens with zero attached hydrogens (tertiary/aromatic N) is 4. The van der Waals surface area contributed by atoms with Crippen molar-refractivity contribution in [2.45, 2.75) is 0 Å². The third kappa shape index (κ3) is 3.93. The molecule has 0 spiro atoms. The molecule has 9 heteroatoms. The molecule has 4 aromatic rings. The summed E-state index contributed by atoms with van der Waals surface area (Å²) in [5.74, 6) is -0.00285. The van der Waals surface area contributed by atoms with Gasteiger partial charge in [-0.05, 0) is 48.6 Å². The zero-order valence-electron chi connectivity index (χ0n) is 16.8. The molecule has 0 bridgehead atoms. The molecule has 32 heavy (non-hydrogen) atoms. The predicted octanol–water partition coefficient (Wildman–Crippen LogP) is 6.14. The van der Waals surface area contributed by atoms with Crippen LogP contribution in [-0.2, 0) is 0 Å². The molecule has 1 heterocycles. The van der Waals surface area contributed by atoms with E-state index in [1.165, 1.54) is 16.2 Å². The number of benzene rings is 3. The lowest BCUT2D eigenvalue weighted by atomic mass is 10.3. The van der Waals surface area contributed by atoms with Crippen LogP contribution in [-0.4, -0.2) is 21.4 Å². The molecule has 0 unspecified atom stereocenters. The van der Waals surface area contributed by atoms with Crippen molar-refractivity contribution in [3.63, 3.8) is 0 Å². The molecule has 0 saturated heterocycles. The van der Waals surface area contributed by atoms with E-state index in [9.17, 15) is 9.90 Å². The molecule has 0 aliphatic heterocycles. The Morgan fingerprint density at radius 2 is 1.56 bits per heavy atom. The number of para-hydroxylation sites is 3. The molecule has 0 amide bonds. The fourth-order valence-corrected chi connectivity index (χ4v) is 3.74. The lowest BCUT2D eigenvalue weighted by Crippen LogP contribution is -2.23. The Morgan fingerprint density at radius 1 is 0.906 bits per heavy atom. The van der Waals surface area contributed by atoms with Gasteiger partial charge in [-0.25, -0.2) is 0 Å². The van der Waals surface area contributed by atoms with Crippen LogP contribution in [0.3, 0.4) is 0 Å². The maximum absolute atomic E-state index is 13.4. The highest BCUT2D eigenvalue weighted by atomic mass is 35.5. The van der Waals surface area contributed by atoms with E-state index >= 15 is 0 Å². The fraction of sp³-hybridized carbons (Fsp3) is 0.0435. The monoisotopic (exact) mass is 464 g/mol. The number of hydrogen-bond donors (Lipinski definition) is 1. The van der Waals surface area contributed by atoms with Gasteiger partial charge in [-0.15, -0.1) is 10.2 Å². The molecule has 0 aliphatic rings. The van der Waals surface area contributed by atoms with E-state index in [2.05, 4.69) is 10.2 Å². The number of ether oxygens (including phenoxy) is 1. The fourth-order valence-electron chi connectivity index (χ4n) is 3.14. The lowest BCUT2D eigenvalue weighted by Gasteiger charge is -2.16. The Bertz CT molecular complexity index is 1430. The zero-order chi connectivity index (χ0) is 22.7. The van der Waals surface area contributed by atoms with Gasteiger partial charge >= 0.3 is 0 Å². The Balaban J connectivity index is 2.03. The highest BCUT2D eigenvalue weighted by molar-refractivity contribution is 7.71. The number of aromatic nitrogens is 2. The molecule has 0 atom stereocenters. The quantitative estimate of drug-likeness (QED) is 0.284. The van der Waals surface area contributed by atoms with E-state index in [0.29, 0.717) is 27.8 Å². The van der Waals surface area contributed by atoms with E-state index in [-0.39, 0.29) is 10.5 Å². The number of hydrogen-bond acceptors (Lipinski definition) is 6. The van der Waals surface area contributed by atoms with Crippen LogP contribution >= 0.6 is 23.8 Å². The number of aromatic hydroxyl groups is 1. The van der Waals surface area contributed by atoms with Crippen LogP contribution in [0.1, 0.15) is 0 Å². The molecule has 0 fully saturated rings. The van der Waals surface area contributed by atoms with Crippen LogP contribution in [0.4, 0.5) is 11.4 Å². The van der Waals surface area contributed by atoms with Gasteiger partial charge in [0, 0.05) is 0 Å². The second-order valence-electron chi connectivity index (χ2n) is 6.59. The van der Waals surface area contributed by atoms with Crippen molar-refractivity contribution in [2.75, 3.05) is 7.11 Å². The van der Waals surface area contributed by atoms with E-state index in [1.807, 2.05) is 6.07 Å². The van der Waals surface area contributed by atoms with Crippen LogP contribution in [0.2, 0.25) is 5.02 Å². The van der Waals surface area contributed by atoms with Gasteiger partial charge in [-0.1, -0.05) is 54.1 Å². The third-order valence-electron chi connectivity index (χ3n) is 4.66. The van der Waals surface area contributed by atoms with E-state index in [0.717, 1.165) is 0 Å². The van der Waals surface area contributed by atoms with Gasteiger partial charge in [0.25, 0.3) is 5.56 Å². The third-order valence-corrected chi connectivity index (χ3v) is 5.35. The zero-order valence-corrected chi connectivity index (χ0v) is 18.4. The van der Waals surface area contributed by atoms with Crippen LogP contribution in [0.25, 0.3) is 11.4 Å². The van der Waals surface area contributed by atoms with Crippen LogP contribution in [0.5, 0.6) is 11.6 Å². The van der Waals surface area contributed by atoms with Gasteiger partial charge in [0.1, 0.15) is 11.4 Å². The molecule has 0 aliphatic carbocycles. The lowest BCUT2D eigenvalue weighted by molar-refractivity contribution is 0.415. The first-order valence-electron chi connectivity index (χ1n) is 9.49. The molecule has 7 nitrogen and oxygen atoms in total. The van der Waals surface area contributed by atoms with Gasteiger partial charge < -0.3 is 9.84 Å². The summed E-state index contributed by atoms with van der Waals surface area (Å²) in [5, 5.41) is 19.6. The van der Waals surface area contributed by atoms with Crippen LogP contribution in [0, 0.1) is 4.77 Å². The van der Waals surface area contributed by atoms with Gasteiger partial charge in [-0.2, -0.15) is 0 Å². The topological polar surface area (TPSA) is 81.1 Å². The van der Waals surface area contributed by atoms with Gasteiger partial charge in [0.2, 0.25) is 11.6 Å².